The van der Waals surface area contributed by atoms with Crippen molar-refractivity contribution in [2.24, 2.45) is 5.92 Å². The minimum absolute atomic E-state index is 0.0482. The number of hydrogen-bond donors (Lipinski definition) is 1. The fraction of sp³-hybridized carbons (Fsp3) is 0.286. The molecule has 0 spiro atoms. The number of fused-ring (bicyclic) bond motifs is 3. The largest absolute Gasteiger partial charge is 0.507 e. The molecule has 0 fully saturated rings. The summed E-state index contributed by atoms with van der Waals surface area (Å²) >= 11 is 0. The van der Waals surface area contributed by atoms with Gasteiger partial charge in [-0.15, -0.1) is 0 Å². The van der Waals surface area contributed by atoms with Gasteiger partial charge in [-0.25, -0.2) is 0 Å². The number of benzene rings is 2. The average molecular weight is 350 g/mol. The molecule has 0 heterocycles. The van der Waals surface area contributed by atoms with Gasteiger partial charge in [0.15, 0.2) is 5.78 Å². The molecule has 132 valence electrons. The molecule has 0 aromatic heterocycles. The predicted molar refractivity (Wildman–Crippen MR) is 94.2 cm³/mol. The van der Waals surface area contributed by atoms with Gasteiger partial charge in [0, 0.05) is 17.0 Å². The van der Waals surface area contributed by atoms with Gasteiger partial charge in [-0.2, -0.15) is 0 Å². The fourth-order valence-corrected chi connectivity index (χ4v) is 4.06. The molecule has 26 heavy (non-hydrogen) atoms. The van der Waals surface area contributed by atoms with Gasteiger partial charge in [0.2, 0.25) is 5.78 Å². The van der Waals surface area contributed by atoms with E-state index < -0.39 is 5.78 Å². The third-order valence-electron chi connectivity index (χ3n) is 5.47. The minimum Gasteiger partial charge on any atom is -0.507 e. The molecule has 2 aliphatic rings. The van der Waals surface area contributed by atoms with E-state index in [1.165, 1.54) is 7.11 Å². The Labute approximate surface area is 150 Å². The summed E-state index contributed by atoms with van der Waals surface area (Å²) in [5.41, 5.74) is 2.17. The van der Waals surface area contributed by atoms with E-state index in [2.05, 4.69) is 0 Å². The van der Waals surface area contributed by atoms with Crippen molar-refractivity contribution in [3.05, 3.63) is 57.6 Å². The van der Waals surface area contributed by atoms with Crippen LogP contribution in [-0.4, -0.2) is 29.6 Å². The second-order valence-electron chi connectivity index (χ2n) is 6.88. The highest BCUT2D eigenvalue weighted by Gasteiger charge is 2.37. The lowest BCUT2D eigenvalue weighted by Gasteiger charge is -2.27. The Morgan fingerprint density at radius 3 is 2.62 bits per heavy atom. The zero-order valence-corrected chi connectivity index (χ0v) is 14.6. The van der Waals surface area contributed by atoms with Crippen molar-refractivity contribution < 1.29 is 24.2 Å². The third kappa shape index (κ3) is 2.20. The minimum atomic E-state index is -0.402. The van der Waals surface area contributed by atoms with Crippen LogP contribution in [0.15, 0.2) is 24.3 Å². The topological polar surface area (TPSA) is 80.7 Å². The van der Waals surface area contributed by atoms with Gasteiger partial charge in [-0.05, 0) is 49.4 Å². The Balaban J connectivity index is 1.93. The zero-order valence-electron chi connectivity index (χ0n) is 14.6. The molecule has 0 amide bonds. The second kappa shape index (κ2) is 5.80. The number of carbonyl (C=O) groups excluding carboxylic acids is 3. The molecule has 2 aliphatic carbocycles. The van der Waals surface area contributed by atoms with E-state index in [0.29, 0.717) is 30.6 Å². The number of methoxy groups -OCH3 is 1. The molecule has 0 saturated carbocycles. The molecule has 4 rings (SSSR count). The van der Waals surface area contributed by atoms with Crippen molar-refractivity contribution in [1.29, 1.82) is 0 Å². The number of aromatic hydroxyl groups is 1. The SMILES string of the molecule is COc1cccc2c1C(=O)c1c(cc3c(c1O)CCC(C(C)=O)C3)C2=O. The van der Waals surface area contributed by atoms with Crippen molar-refractivity contribution in [2.75, 3.05) is 7.11 Å². The van der Waals surface area contributed by atoms with E-state index in [1.807, 2.05) is 0 Å². The Morgan fingerprint density at radius 2 is 1.92 bits per heavy atom. The average Bonchev–Trinajstić information content (AvgIpc) is 2.64. The summed E-state index contributed by atoms with van der Waals surface area (Å²) in [6.07, 6.45) is 1.63. The molecule has 0 bridgehead atoms. The zero-order chi connectivity index (χ0) is 18.6. The first-order valence-electron chi connectivity index (χ1n) is 8.58. The molecule has 2 aromatic carbocycles. The molecule has 5 heteroatoms. The van der Waals surface area contributed by atoms with Crippen LogP contribution in [0.2, 0.25) is 0 Å². The lowest BCUT2D eigenvalue weighted by atomic mass is 9.75. The highest BCUT2D eigenvalue weighted by molar-refractivity contribution is 6.30. The van der Waals surface area contributed by atoms with Gasteiger partial charge in [-0.1, -0.05) is 12.1 Å². The van der Waals surface area contributed by atoms with Crippen molar-refractivity contribution in [1.82, 2.24) is 0 Å². The van der Waals surface area contributed by atoms with E-state index in [9.17, 15) is 19.5 Å². The maximum absolute atomic E-state index is 13.1. The summed E-state index contributed by atoms with van der Waals surface area (Å²) in [5.74, 6) is -0.528. The Hall–Kier alpha value is -2.95. The monoisotopic (exact) mass is 350 g/mol. The van der Waals surface area contributed by atoms with Crippen molar-refractivity contribution >= 4 is 17.3 Å². The van der Waals surface area contributed by atoms with Crippen LogP contribution in [0, 0.1) is 5.92 Å². The molecule has 0 radical (unpaired) electrons. The van der Waals surface area contributed by atoms with E-state index >= 15 is 0 Å². The molecule has 5 nitrogen and oxygen atoms in total. The molecule has 0 saturated heterocycles. The smallest absolute Gasteiger partial charge is 0.201 e. The lowest BCUT2D eigenvalue weighted by molar-refractivity contribution is -0.121. The molecule has 1 unspecified atom stereocenters. The van der Waals surface area contributed by atoms with Crippen LogP contribution < -0.4 is 4.74 Å². The molecule has 1 atom stereocenters. The standard InChI is InChI=1S/C21H18O5/c1-10(22)11-6-7-13-12(8-11)9-15-18(20(13)24)21(25)17-14(19(15)23)4-3-5-16(17)26-2/h3-5,9,11,24H,6-8H2,1-2H3. The molecule has 2 aromatic rings. The number of phenolic OH excluding ortho intramolecular Hbond substituents is 1. The predicted octanol–water partition coefficient (Wildman–Crippen LogP) is 2.87. The van der Waals surface area contributed by atoms with Crippen LogP contribution in [-0.2, 0) is 17.6 Å². The maximum atomic E-state index is 13.1. The Kier molecular flexibility index (Phi) is 3.68. The lowest BCUT2D eigenvalue weighted by Crippen LogP contribution is -2.26. The fourth-order valence-electron chi connectivity index (χ4n) is 4.06. The normalized spacial score (nSPS) is 18.0. The Morgan fingerprint density at radius 1 is 1.15 bits per heavy atom. The van der Waals surface area contributed by atoms with Gasteiger partial charge in [-0.3, -0.25) is 14.4 Å². The van der Waals surface area contributed by atoms with Crippen molar-refractivity contribution in [3.8, 4) is 11.5 Å². The number of hydrogen-bond acceptors (Lipinski definition) is 5. The summed E-state index contributed by atoms with van der Waals surface area (Å²) in [6.45, 7) is 1.56. The number of ether oxygens (including phenoxy) is 1. The number of Topliss-reactive ketones (excluding diaryl/α,β-unsaturated/α-hetero) is 1. The van der Waals surface area contributed by atoms with Crippen LogP contribution in [0.25, 0.3) is 0 Å². The first-order chi connectivity index (χ1) is 12.4. The van der Waals surface area contributed by atoms with Crippen molar-refractivity contribution in [2.45, 2.75) is 26.2 Å². The third-order valence-corrected chi connectivity index (χ3v) is 5.47. The number of ketones is 3. The van der Waals surface area contributed by atoms with Gasteiger partial charge in [0.25, 0.3) is 0 Å². The van der Waals surface area contributed by atoms with E-state index in [4.69, 9.17) is 4.74 Å². The van der Waals surface area contributed by atoms with Crippen LogP contribution in [0.5, 0.6) is 11.5 Å². The Bertz CT molecular complexity index is 986. The molecule has 0 aliphatic heterocycles. The van der Waals surface area contributed by atoms with Crippen LogP contribution in [0.4, 0.5) is 0 Å². The van der Waals surface area contributed by atoms with Gasteiger partial charge < -0.3 is 9.84 Å². The summed E-state index contributed by atoms with van der Waals surface area (Å²) in [4.78, 5) is 37.8. The quantitative estimate of drug-likeness (QED) is 0.769. The van der Waals surface area contributed by atoms with E-state index in [1.54, 1.807) is 31.2 Å². The summed E-state index contributed by atoms with van der Waals surface area (Å²) in [5, 5.41) is 10.8. The van der Waals surface area contributed by atoms with Gasteiger partial charge in [0.1, 0.15) is 17.3 Å². The summed E-state index contributed by atoms with van der Waals surface area (Å²) in [7, 11) is 1.44. The summed E-state index contributed by atoms with van der Waals surface area (Å²) in [6, 6.07) is 6.57. The first-order valence-corrected chi connectivity index (χ1v) is 8.58. The molecule has 1 N–H and O–H groups in total. The van der Waals surface area contributed by atoms with Crippen LogP contribution in [0.3, 0.4) is 0 Å². The van der Waals surface area contributed by atoms with E-state index in [-0.39, 0.29) is 45.5 Å². The van der Waals surface area contributed by atoms with Gasteiger partial charge >= 0.3 is 0 Å². The van der Waals surface area contributed by atoms with Crippen LogP contribution in [0.1, 0.15) is 56.3 Å². The highest BCUT2D eigenvalue weighted by atomic mass is 16.5. The first kappa shape index (κ1) is 16.5. The summed E-state index contributed by atoms with van der Waals surface area (Å²) < 4.78 is 5.25. The number of rotatable bonds is 2. The highest BCUT2D eigenvalue weighted by Crippen LogP contribution is 2.42. The van der Waals surface area contributed by atoms with E-state index in [0.717, 1.165) is 5.56 Å². The second-order valence-corrected chi connectivity index (χ2v) is 6.88. The molecular formula is C21H18O5. The molecular weight excluding hydrogens is 332 g/mol. The number of carbonyl (C=O) groups is 3. The van der Waals surface area contributed by atoms with Gasteiger partial charge in [0.05, 0.1) is 18.2 Å². The number of phenols is 1. The van der Waals surface area contributed by atoms with Crippen molar-refractivity contribution in [3.63, 3.8) is 0 Å². The maximum Gasteiger partial charge on any atom is 0.201 e. The van der Waals surface area contributed by atoms with Crippen LogP contribution >= 0.6 is 0 Å².